The molecule has 0 aromatic heterocycles. The minimum atomic E-state index is -0.350. The third-order valence-electron chi connectivity index (χ3n) is 3.31. The first kappa shape index (κ1) is 13.8. The summed E-state index contributed by atoms with van der Waals surface area (Å²) in [6.07, 6.45) is 1.98. The normalized spacial score (nSPS) is 18.0. The Kier molecular flexibility index (Phi) is 4.59. The summed E-state index contributed by atoms with van der Waals surface area (Å²) < 4.78 is 20.2. The highest BCUT2D eigenvalue weighted by Crippen LogP contribution is 2.30. The minimum Gasteiger partial charge on any atom is -0.487 e. The van der Waals surface area contributed by atoms with E-state index in [9.17, 15) is 4.39 Å². The zero-order valence-electron chi connectivity index (χ0n) is 10.5. The van der Waals surface area contributed by atoms with E-state index in [1.807, 2.05) is 0 Å². The number of benzene rings is 1. The highest BCUT2D eigenvalue weighted by atomic mass is 79.9. The van der Waals surface area contributed by atoms with Crippen LogP contribution in [0, 0.1) is 5.82 Å². The number of ether oxygens (including phenoxy) is 1. The predicted molar refractivity (Wildman–Crippen MR) is 73.1 cm³/mol. The lowest BCUT2D eigenvalue weighted by atomic mass is 10.1. The Balaban J connectivity index is 2.08. The molecular weight excluding hydrogens is 299 g/mol. The molecule has 0 bridgehead atoms. The molecule has 2 rings (SSSR count). The van der Waals surface area contributed by atoms with Crippen LogP contribution in [0.2, 0.25) is 0 Å². The smallest absolute Gasteiger partial charge is 0.179 e. The van der Waals surface area contributed by atoms with Gasteiger partial charge in [-0.1, -0.05) is 6.07 Å². The van der Waals surface area contributed by atoms with Gasteiger partial charge in [0.1, 0.15) is 6.10 Å². The maximum absolute atomic E-state index is 14.0. The maximum atomic E-state index is 14.0. The summed E-state index contributed by atoms with van der Waals surface area (Å²) in [5.74, 6) is -0.0366. The molecule has 1 aliphatic rings. The van der Waals surface area contributed by atoms with Crippen LogP contribution in [-0.4, -0.2) is 31.1 Å². The molecule has 0 radical (unpaired) electrons. The largest absolute Gasteiger partial charge is 0.487 e. The second kappa shape index (κ2) is 5.99. The molecule has 18 heavy (non-hydrogen) atoms. The van der Waals surface area contributed by atoms with Crippen molar-refractivity contribution in [1.29, 1.82) is 0 Å². The molecule has 1 heterocycles. The van der Waals surface area contributed by atoms with Gasteiger partial charge < -0.3 is 15.4 Å². The molecule has 1 aromatic carbocycles. The van der Waals surface area contributed by atoms with E-state index in [0.717, 1.165) is 31.5 Å². The van der Waals surface area contributed by atoms with Crippen LogP contribution in [0.25, 0.3) is 0 Å². The van der Waals surface area contributed by atoms with Gasteiger partial charge in [0.15, 0.2) is 11.6 Å². The molecule has 0 spiro atoms. The molecule has 0 amide bonds. The average Bonchev–Trinajstić information content (AvgIpc) is 2.38. The summed E-state index contributed by atoms with van der Waals surface area (Å²) in [6, 6.07) is 3.47. The molecule has 1 fully saturated rings. The number of piperidine rings is 1. The summed E-state index contributed by atoms with van der Waals surface area (Å²) in [4.78, 5) is 2.25. The number of nitrogens with two attached hydrogens (primary N) is 1. The molecule has 1 aliphatic heterocycles. The molecule has 100 valence electrons. The summed E-state index contributed by atoms with van der Waals surface area (Å²) in [6.45, 7) is 2.30. The third kappa shape index (κ3) is 3.02. The fourth-order valence-corrected chi connectivity index (χ4v) is 2.59. The molecular formula is C13H18BrFN2O. The number of nitrogens with zero attached hydrogens (tertiary/aromatic N) is 1. The van der Waals surface area contributed by atoms with Crippen molar-refractivity contribution in [3.63, 3.8) is 0 Å². The zero-order chi connectivity index (χ0) is 13.1. The van der Waals surface area contributed by atoms with Gasteiger partial charge in [0.25, 0.3) is 0 Å². The van der Waals surface area contributed by atoms with Crippen LogP contribution < -0.4 is 10.5 Å². The van der Waals surface area contributed by atoms with Crippen LogP contribution in [0.5, 0.6) is 5.75 Å². The Morgan fingerprint density at radius 3 is 2.72 bits per heavy atom. The second-order valence-corrected chi connectivity index (χ2v) is 5.47. The Bertz CT molecular complexity index is 420. The fraction of sp³-hybridized carbons (Fsp3) is 0.538. The van der Waals surface area contributed by atoms with Crippen LogP contribution in [0.4, 0.5) is 4.39 Å². The van der Waals surface area contributed by atoms with Crippen LogP contribution in [0.3, 0.4) is 0 Å². The Morgan fingerprint density at radius 2 is 2.11 bits per heavy atom. The van der Waals surface area contributed by atoms with E-state index >= 15 is 0 Å². The van der Waals surface area contributed by atoms with Gasteiger partial charge in [-0.15, -0.1) is 0 Å². The molecule has 0 saturated carbocycles. The summed E-state index contributed by atoms with van der Waals surface area (Å²) in [7, 11) is 2.09. The summed E-state index contributed by atoms with van der Waals surface area (Å²) >= 11 is 3.22. The highest BCUT2D eigenvalue weighted by molar-refractivity contribution is 9.10. The molecule has 0 aliphatic carbocycles. The van der Waals surface area contributed by atoms with Gasteiger partial charge >= 0.3 is 0 Å². The second-order valence-electron chi connectivity index (χ2n) is 4.68. The Hall–Kier alpha value is -0.650. The van der Waals surface area contributed by atoms with Crippen molar-refractivity contribution >= 4 is 15.9 Å². The minimum absolute atomic E-state index is 0.103. The van der Waals surface area contributed by atoms with Crippen molar-refractivity contribution in [2.75, 3.05) is 20.1 Å². The number of hydrogen-bond acceptors (Lipinski definition) is 3. The Labute approximate surface area is 115 Å². The molecule has 2 N–H and O–H groups in total. The van der Waals surface area contributed by atoms with Crippen LogP contribution in [-0.2, 0) is 6.54 Å². The predicted octanol–water partition coefficient (Wildman–Crippen LogP) is 2.52. The zero-order valence-corrected chi connectivity index (χ0v) is 12.0. The van der Waals surface area contributed by atoms with Crippen LogP contribution in [0.15, 0.2) is 16.6 Å². The van der Waals surface area contributed by atoms with Gasteiger partial charge in [-0.2, -0.15) is 0 Å². The average molecular weight is 317 g/mol. The van der Waals surface area contributed by atoms with Crippen molar-refractivity contribution in [3.05, 3.63) is 28.0 Å². The first-order valence-electron chi connectivity index (χ1n) is 6.14. The molecule has 1 aromatic rings. The number of rotatable bonds is 3. The summed E-state index contributed by atoms with van der Waals surface area (Å²) in [5.41, 5.74) is 6.28. The van der Waals surface area contributed by atoms with Gasteiger partial charge in [-0.05, 0) is 47.4 Å². The number of hydrogen-bond donors (Lipinski definition) is 1. The molecule has 1 saturated heterocycles. The quantitative estimate of drug-likeness (QED) is 0.931. The monoisotopic (exact) mass is 316 g/mol. The fourth-order valence-electron chi connectivity index (χ4n) is 2.10. The third-order valence-corrected chi connectivity index (χ3v) is 4.16. The van der Waals surface area contributed by atoms with Crippen molar-refractivity contribution in [3.8, 4) is 5.75 Å². The summed E-state index contributed by atoms with van der Waals surface area (Å²) in [5, 5.41) is 0. The molecule has 0 atom stereocenters. The topological polar surface area (TPSA) is 38.5 Å². The maximum Gasteiger partial charge on any atom is 0.179 e. The van der Waals surface area contributed by atoms with Gasteiger partial charge in [0, 0.05) is 19.6 Å². The number of halogens is 2. The number of likely N-dealkylation sites (tertiary alicyclic amines) is 1. The van der Waals surface area contributed by atoms with Crippen molar-refractivity contribution in [2.24, 2.45) is 5.73 Å². The van der Waals surface area contributed by atoms with Crippen LogP contribution >= 0.6 is 15.9 Å². The van der Waals surface area contributed by atoms with Crippen molar-refractivity contribution in [2.45, 2.75) is 25.5 Å². The molecule has 0 unspecified atom stereocenters. The Morgan fingerprint density at radius 1 is 1.44 bits per heavy atom. The van der Waals surface area contributed by atoms with E-state index < -0.39 is 0 Å². The van der Waals surface area contributed by atoms with Gasteiger partial charge in [-0.3, -0.25) is 0 Å². The van der Waals surface area contributed by atoms with Crippen molar-refractivity contribution < 1.29 is 9.13 Å². The van der Waals surface area contributed by atoms with E-state index in [2.05, 4.69) is 27.9 Å². The van der Waals surface area contributed by atoms with E-state index in [1.54, 1.807) is 12.1 Å². The van der Waals surface area contributed by atoms with Gasteiger partial charge in [-0.25, -0.2) is 4.39 Å². The standard InChI is InChI=1S/C13H18BrFN2O/c1-17-6-4-10(5-7-17)18-11-3-2-9(8-16)12(14)13(11)15/h2-3,10H,4-8,16H2,1H3. The first-order chi connectivity index (χ1) is 8.61. The lowest BCUT2D eigenvalue weighted by Gasteiger charge is -2.29. The lowest BCUT2D eigenvalue weighted by Crippen LogP contribution is -2.35. The van der Waals surface area contributed by atoms with Crippen molar-refractivity contribution in [1.82, 2.24) is 4.90 Å². The van der Waals surface area contributed by atoms with E-state index in [0.29, 0.717) is 16.8 Å². The lowest BCUT2D eigenvalue weighted by molar-refractivity contribution is 0.110. The molecule has 5 heteroatoms. The SMILES string of the molecule is CN1CCC(Oc2ccc(CN)c(Br)c2F)CC1. The van der Waals surface area contributed by atoms with Crippen LogP contribution in [0.1, 0.15) is 18.4 Å². The van der Waals surface area contributed by atoms with Gasteiger partial charge in [0.05, 0.1) is 4.47 Å². The molecule has 3 nitrogen and oxygen atoms in total. The first-order valence-corrected chi connectivity index (χ1v) is 6.93. The van der Waals surface area contributed by atoms with E-state index in [1.165, 1.54) is 0 Å². The highest BCUT2D eigenvalue weighted by Gasteiger charge is 2.20. The van der Waals surface area contributed by atoms with Gasteiger partial charge in [0.2, 0.25) is 0 Å². The van der Waals surface area contributed by atoms with E-state index in [4.69, 9.17) is 10.5 Å². The van der Waals surface area contributed by atoms with E-state index in [-0.39, 0.29) is 11.9 Å².